The Kier molecular flexibility index (Phi) is 7.24. The van der Waals surface area contributed by atoms with Gasteiger partial charge in [-0.25, -0.2) is 9.97 Å². The number of methoxy groups -OCH3 is 2. The molecule has 2 N–H and O–H groups in total. The summed E-state index contributed by atoms with van der Waals surface area (Å²) in [5.41, 5.74) is 2.14. The van der Waals surface area contributed by atoms with Gasteiger partial charge in [-0.1, -0.05) is 29.8 Å². The maximum atomic E-state index is 11.9. The molecule has 13 heteroatoms. The fourth-order valence-electron chi connectivity index (χ4n) is 4.45. The molecule has 1 aromatic carbocycles. The van der Waals surface area contributed by atoms with E-state index in [0.717, 1.165) is 0 Å². The van der Waals surface area contributed by atoms with Gasteiger partial charge in [0.05, 0.1) is 43.0 Å². The van der Waals surface area contributed by atoms with Crippen LogP contribution in [0.5, 0.6) is 11.5 Å². The number of hydrogen-bond donors (Lipinski definition) is 2. The smallest absolute Gasteiger partial charge is 0.243 e. The number of aryl methyl sites for hydroxylation is 1. The summed E-state index contributed by atoms with van der Waals surface area (Å²) in [6.07, 6.45) is 3.57. The number of rotatable bonds is 7. The maximum Gasteiger partial charge on any atom is 0.243 e. The van der Waals surface area contributed by atoms with Gasteiger partial charge in [0.15, 0.2) is 11.3 Å². The molecule has 2 atom stereocenters. The summed E-state index contributed by atoms with van der Waals surface area (Å²) >= 11 is 13.4. The molecule has 4 aromatic rings. The van der Waals surface area contributed by atoms with Gasteiger partial charge in [0, 0.05) is 35.4 Å². The van der Waals surface area contributed by atoms with Crippen LogP contribution >= 0.6 is 23.2 Å². The summed E-state index contributed by atoms with van der Waals surface area (Å²) in [4.78, 5) is 25.8. The molecule has 0 spiro atoms. The van der Waals surface area contributed by atoms with E-state index in [2.05, 4.69) is 32.3 Å². The van der Waals surface area contributed by atoms with Gasteiger partial charge in [-0.3, -0.25) is 4.79 Å². The van der Waals surface area contributed by atoms with Gasteiger partial charge in [0.25, 0.3) is 0 Å². The molecule has 4 heterocycles. The van der Waals surface area contributed by atoms with Crippen molar-refractivity contribution < 1.29 is 19.0 Å². The molecule has 0 unspecified atom stereocenters. The Balaban J connectivity index is 1.61. The Morgan fingerprint density at radius 1 is 1.16 bits per heavy atom. The highest BCUT2D eigenvalue weighted by Gasteiger charge is 2.28. The predicted octanol–water partition coefficient (Wildman–Crippen LogP) is 3.84. The van der Waals surface area contributed by atoms with Crippen LogP contribution in [-0.2, 0) is 9.53 Å². The van der Waals surface area contributed by atoms with E-state index in [9.17, 15) is 4.79 Å². The topological polar surface area (TPSA) is 125 Å². The number of carbonyl (C=O) groups is 1. The van der Waals surface area contributed by atoms with Crippen LogP contribution in [0.15, 0.2) is 31.0 Å². The summed E-state index contributed by atoms with van der Waals surface area (Å²) < 4.78 is 18.1. The Labute approximate surface area is 228 Å². The van der Waals surface area contributed by atoms with Gasteiger partial charge < -0.3 is 24.8 Å². The molecule has 0 saturated carbocycles. The lowest BCUT2D eigenvalue weighted by Crippen LogP contribution is -2.52. The van der Waals surface area contributed by atoms with E-state index < -0.39 is 0 Å². The van der Waals surface area contributed by atoms with Crippen LogP contribution in [0.2, 0.25) is 10.0 Å². The number of anilines is 1. The quantitative estimate of drug-likeness (QED) is 0.326. The fraction of sp³-hybridized carbons (Fsp3) is 0.320. The number of pyridine rings is 1. The molecule has 0 bridgehead atoms. The average Bonchev–Trinajstić information content (AvgIpc) is 3.32. The third-order valence-electron chi connectivity index (χ3n) is 6.28. The first-order valence-corrected chi connectivity index (χ1v) is 12.5. The molecule has 0 radical (unpaired) electrons. The highest BCUT2D eigenvalue weighted by atomic mass is 35.5. The van der Waals surface area contributed by atoms with Crippen molar-refractivity contribution in [3.05, 3.63) is 46.9 Å². The van der Waals surface area contributed by atoms with Crippen molar-refractivity contribution in [1.82, 2.24) is 29.9 Å². The first-order valence-electron chi connectivity index (χ1n) is 11.7. The molecule has 1 aliphatic rings. The minimum absolute atomic E-state index is 0.140. The van der Waals surface area contributed by atoms with E-state index in [-0.39, 0.29) is 18.0 Å². The molecule has 38 heavy (non-hydrogen) atoms. The molecular weight excluding hydrogens is 533 g/mol. The van der Waals surface area contributed by atoms with Gasteiger partial charge in [-0.15, -0.1) is 5.10 Å². The van der Waals surface area contributed by atoms with Gasteiger partial charge >= 0.3 is 0 Å². The Morgan fingerprint density at radius 3 is 2.58 bits per heavy atom. The minimum atomic E-state index is -0.273. The fourth-order valence-corrected chi connectivity index (χ4v) is 5.15. The Hall–Kier alpha value is -3.67. The molecule has 198 valence electrons. The zero-order chi connectivity index (χ0) is 27.0. The summed E-state index contributed by atoms with van der Waals surface area (Å²) in [7, 11) is 3.04. The van der Waals surface area contributed by atoms with Crippen molar-refractivity contribution in [1.29, 1.82) is 0 Å². The third kappa shape index (κ3) is 4.68. The zero-order valence-corrected chi connectivity index (χ0v) is 22.4. The van der Waals surface area contributed by atoms with Crippen molar-refractivity contribution in [2.24, 2.45) is 0 Å². The number of benzene rings is 1. The number of carbonyl (C=O) groups excluding carboxylic acids is 1. The van der Waals surface area contributed by atoms with E-state index in [1.54, 1.807) is 23.7 Å². The third-order valence-corrected chi connectivity index (χ3v) is 7.03. The number of nitrogens with zero attached hydrogens (tertiary/aromatic N) is 5. The second-order valence-electron chi connectivity index (χ2n) is 8.64. The lowest BCUT2D eigenvalue weighted by molar-refractivity contribution is -0.118. The van der Waals surface area contributed by atoms with Gasteiger partial charge in [0.2, 0.25) is 11.9 Å². The van der Waals surface area contributed by atoms with Crippen molar-refractivity contribution >= 4 is 51.7 Å². The standard InChI is InChI=1S/C25H25Cl2N7O4/c1-5-19(35)30-16-11-38-7-6-15(16)31-25-28-10-13-8-14(24-29-12(2)33-34(24)23(13)32-25)20-21(26)17(36-3)9-18(37-4)22(20)27/h5,8-10,15-16H,1,6-7,11H2,2-4H3,(H,30,35)(H,28,31,32)/t15-,16+/m1/s1. The lowest BCUT2D eigenvalue weighted by atomic mass is 10.0. The monoisotopic (exact) mass is 557 g/mol. The van der Waals surface area contributed by atoms with Crippen LogP contribution in [0.4, 0.5) is 5.95 Å². The highest BCUT2D eigenvalue weighted by Crippen LogP contribution is 2.47. The molecule has 1 aliphatic heterocycles. The van der Waals surface area contributed by atoms with Crippen molar-refractivity contribution in [2.75, 3.05) is 32.8 Å². The molecular formula is C25H25Cl2N7O4. The number of ether oxygens (including phenoxy) is 3. The van der Waals surface area contributed by atoms with Crippen LogP contribution in [0, 0.1) is 6.92 Å². The van der Waals surface area contributed by atoms with Crippen LogP contribution < -0.4 is 20.1 Å². The maximum absolute atomic E-state index is 11.9. The second kappa shape index (κ2) is 10.6. The number of aromatic nitrogens is 5. The first-order chi connectivity index (χ1) is 18.3. The van der Waals surface area contributed by atoms with Crippen LogP contribution in [0.3, 0.4) is 0 Å². The molecule has 1 fully saturated rings. The second-order valence-corrected chi connectivity index (χ2v) is 9.40. The van der Waals surface area contributed by atoms with E-state index in [1.807, 2.05) is 6.07 Å². The van der Waals surface area contributed by atoms with Crippen molar-refractivity contribution in [2.45, 2.75) is 25.4 Å². The van der Waals surface area contributed by atoms with E-state index >= 15 is 0 Å². The van der Waals surface area contributed by atoms with E-state index in [4.69, 9.17) is 42.4 Å². The predicted molar refractivity (Wildman–Crippen MR) is 144 cm³/mol. The molecule has 5 rings (SSSR count). The normalized spacial score (nSPS) is 17.4. The van der Waals surface area contributed by atoms with Gasteiger partial charge in [-0.2, -0.15) is 9.50 Å². The largest absolute Gasteiger partial charge is 0.495 e. The summed E-state index contributed by atoms with van der Waals surface area (Å²) in [6.45, 7) is 6.22. The minimum Gasteiger partial charge on any atom is -0.495 e. The Bertz CT molecular complexity index is 1530. The lowest BCUT2D eigenvalue weighted by Gasteiger charge is -2.32. The number of amides is 1. The van der Waals surface area contributed by atoms with E-state index in [0.29, 0.717) is 80.8 Å². The van der Waals surface area contributed by atoms with Crippen LogP contribution in [0.25, 0.3) is 27.8 Å². The number of fused-ring (bicyclic) bond motifs is 3. The molecule has 11 nitrogen and oxygen atoms in total. The number of hydrogen-bond acceptors (Lipinski definition) is 9. The van der Waals surface area contributed by atoms with Gasteiger partial charge in [-0.05, 0) is 25.5 Å². The molecule has 0 aliphatic carbocycles. The van der Waals surface area contributed by atoms with Crippen molar-refractivity contribution in [3.8, 4) is 22.6 Å². The molecule has 3 aromatic heterocycles. The SMILES string of the molecule is C=CC(=O)N[C@H]1COCC[C@H]1Nc1ncc2cc(-c3c(Cl)c(OC)cc(OC)c3Cl)c3nc(C)nn3c2n1. The summed E-state index contributed by atoms with van der Waals surface area (Å²) in [6, 6.07) is 3.08. The van der Waals surface area contributed by atoms with E-state index in [1.165, 1.54) is 20.3 Å². The molecule has 1 amide bonds. The zero-order valence-electron chi connectivity index (χ0n) is 20.9. The Morgan fingerprint density at radius 2 is 1.89 bits per heavy atom. The van der Waals surface area contributed by atoms with Gasteiger partial charge in [0.1, 0.15) is 17.3 Å². The number of nitrogens with one attached hydrogen (secondary N) is 2. The average molecular weight is 558 g/mol. The summed E-state index contributed by atoms with van der Waals surface area (Å²) in [5.74, 6) is 1.45. The first kappa shape index (κ1) is 26.0. The highest BCUT2D eigenvalue weighted by molar-refractivity contribution is 6.41. The number of halogens is 2. The molecule has 1 saturated heterocycles. The van der Waals surface area contributed by atoms with Crippen LogP contribution in [-0.4, -0.2) is 70.0 Å². The summed E-state index contributed by atoms with van der Waals surface area (Å²) in [5, 5.41) is 12.1. The van der Waals surface area contributed by atoms with Crippen molar-refractivity contribution in [3.63, 3.8) is 0 Å². The van der Waals surface area contributed by atoms with Crippen LogP contribution in [0.1, 0.15) is 12.2 Å².